The van der Waals surface area contributed by atoms with Gasteiger partial charge in [-0.05, 0) is 31.4 Å². The highest BCUT2D eigenvalue weighted by Gasteiger charge is 2.32. The third-order valence-electron chi connectivity index (χ3n) is 3.15. The second-order valence-electron chi connectivity index (χ2n) is 4.49. The van der Waals surface area contributed by atoms with Crippen LogP contribution in [0.5, 0.6) is 0 Å². The second-order valence-corrected chi connectivity index (χ2v) is 4.83. The van der Waals surface area contributed by atoms with Gasteiger partial charge in [-0.2, -0.15) is 4.98 Å². The van der Waals surface area contributed by atoms with Gasteiger partial charge in [0.05, 0.1) is 11.8 Å². The van der Waals surface area contributed by atoms with E-state index in [-0.39, 0.29) is 16.7 Å². The number of anilines is 1. The summed E-state index contributed by atoms with van der Waals surface area (Å²) in [5.41, 5.74) is -0.262. The molecule has 0 bridgehead atoms. The summed E-state index contributed by atoms with van der Waals surface area (Å²) in [6.45, 7) is 3.37. The van der Waals surface area contributed by atoms with Crippen LogP contribution in [0.3, 0.4) is 0 Å². The van der Waals surface area contributed by atoms with Crippen molar-refractivity contribution in [1.29, 1.82) is 0 Å². The topological polar surface area (TPSA) is 38.2 Å². The Hall–Kier alpha value is -0.940. The molecular formula is C11H15ClFN3O. The van der Waals surface area contributed by atoms with E-state index in [2.05, 4.69) is 9.97 Å². The van der Waals surface area contributed by atoms with Crippen LogP contribution in [-0.2, 0) is 4.74 Å². The lowest BCUT2D eigenvalue weighted by atomic mass is 9.95. The Morgan fingerprint density at radius 3 is 3.06 bits per heavy atom. The van der Waals surface area contributed by atoms with E-state index in [0.29, 0.717) is 6.54 Å². The van der Waals surface area contributed by atoms with Gasteiger partial charge < -0.3 is 9.64 Å². The number of halogens is 2. The average molecular weight is 260 g/mol. The summed E-state index contributed by atoms with van der Waals surface area (Å²) in [6, 6.07) is 0. The van der Waals surface area contributed by atoms with E-state index >= 15 is 0 Å². The number of hydrogen-bond acceptors (Lipinski definition) is 4. The van der Waals surface area contributed by atoms with Gasteiger partial charge in [-0.3, -0.25) is 0 Å². The van der Waals surface area contributed by atoms with Crippen molar-refractivity contribution in [1.82, 2.24) is 9.97 Å². The zero-order valence-electron chi connectivity index (χ0n) is 9.91. The van der Waals surface area contributed by atoms with Crippen molar-refractivity contribution in [2.24, 2.45) is 0 Å². The van der Waals surface area contributed by atoms with Gasteiger partial charge in [0, 0.05) is 20.2 Å². The molecule has 0 radical (unpaired) electrons. The van der Waals surface area contributed by atoms with E-state index in [1.165, 1.54) is 0 Å². The van der Waals surface area contributed by atoms with E-state index in [1.54, 1.807) is 7.11 Å². The smallest absolute Gasteiger partial charge is 0.224 e. The molecule has 2 rings (SSSR count). The Bertz CT molecular complexity index is 418. The average Bonchev–Trinajstić information content (AvgIpc) is 2.32. The number of hydrogen-bond donors (Lipinski definition) is 0. The maximum absolute atomic E-state index is 13.6. The van der Waals surface area contributed by atoms with Crippen LogP contribution in [0.4, 0.5) is 10.2 Å². The predicted octanol–water partition coefficient (Wildman–Crippen LogP) is 2.27. The standard InChI is InChI=1S/C11H15ClFN3O/c1-11(17-2)4-3-5-16(7-11)9-8(13)6-14-10(12)15-9/h6H,3-5,7H2,1-2H3. The van der Waals surface area contributed by atoms with E-state index in [1.807, 2.05) is 11.8 Å². The molecule has 17 heavy (non-hydrogen) atoms. The zero-order valence-corrected chi connectivity index (χ0v) is 10.7. The minimum absolute atomic E-state index is 0.0612. The molecule has 1 aromatic rings. The maximum Gasteiger partial charge on any atom is 0.224 e. The molecule has 0 saturated carbocycles. The van der Waals surface area contributed by atoms with Crippen LogP contribution in [0.1, 0.15) is 19.8 Å². The van der Waals surface area contributed by atoms with Crippen LogP contribution in [0, 0.1) is 5.82 Å². The minimum atomic E-state index is -0.449. The van der Waals surface area contributed by atoms with Crippen molar-refractivity contribution in [2.75, 3.05) is 25.1 Å². The summed E-state index contributed by atoms with van der Waals surface area (Å²) < 4.78 is 19.1. The van der Waals surface area contributed by atoms with E-state index in [0.717, 1.165) is 25.6 Å². The second kappa shape index (κ2) is 4.74. The Balaban J connectivity index is 2.24. The molecule has 94 valence electrons. The highest BCUT2D eigenvalue weighted by atomic mass is 35.5. The number of ether oxygens (including phenoxy) is 1. The monoisotopic (exact) mass is 259 g/mol. The first-order valence-electron chi connectivity index (χ1n) is 5.52. The summed E-state index contributed by atoms with van der Waals surface area (Å²) in [5, 5.41) is 0.0612. The lowest BCUT2D eigenvalue weighted by Gasteiger charge is -2.40. The molecule has 1 saturated heterocycles. The molecule has 0 aliphatic carbocycles. The molecule has 0 aromatic carbocycles. The van der Waals surface area contributed by atoms with Crippen LogP contribution in [0.25, 0.3) is 0 Å². The minimum Gasteiger partial charge on any atom is -0.377 e. The number of rotatable bonds is 2. The van der Waals surface area contributed by atoms with Crippen molar-refractivity contribution < 1.29 is 9.13 Å². The largest absolute Gasteiger partial charge is 0.377 e. The predicted molar refractivity (Wildman–Crippen MR) is 63.9 cm³/mol. The molecule has 1 unspecified atom stereocenters. The molecule has 0 spiro atoms. The molecule has 6 heteroatoms. The van der Waals surface area contributed by atoms with Gasteiger partial charge >= 0.3 is 0 Å². The molecule has 1 aliphatic heterocycles. The first-order chi connectivity index (χ1) is 8.04. The van der Waals surface area contributed by atoms with Gasteiger partial charge in [-0.1, -0.05) is 0 Å². The van der Waals surface area contributed by atoms with Crippen molar-refractivity contribution in [3.63, 3.8) is 0 Å². The number of nitrogens with zero attached hydrogens (tertiary/aromatic N) is 3. The lowest BCUT2D eigenvalue weighted by Crippen LogP contribution is -2.48. The quantitative estimate of drug-likeness (QED) is 0.764. The third-order valence-corrected chi connectivity index (χ3v) is 3.33. The SMILES string of the molecule is COC1(C)CCCN(c2nc(Cl)ncc2F)C1. The Labute approximate surface area is 105 Å². The van der Waals surface area contributed by atoms with Crippen molar-refractivity contribution in [3.05, 3.63) is 17.3 Å². The number of piperidine rings is 1. The first kappa shape index (κ1) is 12.5. The van der Waals surface area contributed by atoms with Gasteiger partial charge in [-0.25, -0.2) is 9.37 Å². The van der Waals surface area contributed by atoms with Crippen molar-refractivity contribution in [3.8, 4) is 0 Å². The summed E-state index contributed by atoms with van der Waals surface area (Å²) in [4.78, 5) is 9.42. The van der Waals surface area contributed by atoms with Gasteiger partial charge in [-0.15, -0.1) is 0 Å². The summed E-state index contributed by atoms with van der Waals surface area (Å²) in [5.74, 6) is -0.192. The van der Waals surface area contributed by atoms with Crippen LogP contribution >= 0.6 is 11.6 Å². The Morgan fingerprint density at radius 1 is 1.59 bits per heavy atom. The van der Waals surface area contributed by atoms with Gasteiger partial charge in [0.1, 0.15) is 0 Å². The Kier molecular flexibility index (Phi) is 3.49. The molecule has 1 atom stereocenters. The van der Waals surface area contributed by atoms with E-state index in [4.69, 9.17) is 16.3 Å². The van der Waals surface area contributed by atoms with E-state index in [9.17, 15) is 4.39 Å². The highest BCUT2D eigenvalue weighted by molar-refractivity contribution is 6.28. The fourth-order valence-electron chi connectivity index (χ4n) is 2.11. The molecule has 0 amide bonds. The number of methoxy groups -OCH3 is 1. The van der Waals surface area contributed by atoms with E-state index < -0.39 is 5.82 Å². The summed E-state index contributed by atoms with van der Waals surface area (Å²) in [6.07, 6.45) is 3.00. The van der Waals surface area contributed by atoms with Crippen LogP contribution in [-0.4, -0.2) is 35.8 Å². The molecule has 0 N–H and O–H groups in total. The fraction of sp³-hybridized carbons (Fsp3) is 0.636. The van der Waals surface area contributed by atoms with Gasteiger partial charge in [0.25, 0.3) is 0 Å². The summed E-state index contributed by atoms with van der Waals surface area (Å²) in [7, 11) is 1.67. The van der Waals surface area contributed by atoms with Crippen molar-refractivity contribution in [2.45, 2.75) is 25.4 Å². The van der Waals surface area contributed by atoms with Gasteiger partial charge in [0.2, 0.25) is 5.28 Å². The summed E-state index contributed by atoms with van der Waals surface area (Å²) >= 11 is 5.69. The molecule has 4 nitrogen and oxygen atoms in total. The molecule has 1 aromatic heterocycles. The normalized spacial score (nSPS) is 25.1. The molecular weight excluding hydrogens is 245 g/mol. The maximum atomic E-state index is 13.6. The molecule has 1 fully saturated rings. The fourth-order valence-corrected chi connectivity index (χ4v) is 2.24. The Morgan fingerprint density at radius 2 is 2.35 bits per heavy atom. The first-order valence-corrected chi connectivity index (χ1v) is 5.90. The van der Waals surface area contributed by atoms with Gasteiger partial charge in [0.15, 0.2) is 11.6 Å². The third kappa shape index (κ3) is 2.66. The van der Waals surface area contributed by atoms with Crippen LogP contribution < -0.4 is 4.90 Å². The molecule has 2 heterocycles. The number of aromatic nitrogens is 2. The highest BCUT2D eigenvalue weighted by Crippen LogP contribution is 2.28. The van der Waals surface area contributed by atoms with Crippen LogP contribution in [0.2, 0.25) is 5.28 Å². The van der Waals surface area contributed by atoms with Crippen molar-refractivity contribution >= 4 is 17.4 Å². The molecule has 1 aliphatic rings. The van der Waals surface area contributed by atoms with Crippen LogP contribution in [0.15, 0.2) is 6.20 Å². The zero-order chi connectivity index (χ0) is 12.5. The lowest BCUT2D eigenvalue weighted by molar-refractivity contribution is -0.00494.